The molecule has 0 unspecified atom stereocenters. The largest absolute Gasteiger partial charge is 0.367 e. The van der Waals surface area contributed by atoms with E-state index in [0.29, 0.717) is 0 Å². The number of aryl methyl sites for hydroxylation is 1. The predicted octanol–water partition coefficient (Wildman–Crippen LogP) is 4.67. The Morgan fingerprint density at radius 3 is 2.48 bits per heavy atom. The van der Waals surface area contributed by atoms with Gasteiger partial charge in [0.2, 0.25) is 0 Å². The SMILES string of the molecule is CCCCN(Cc1ccc(C#N)cc1C)c1ccccc1. The number of para-hydroxylation sites is 1. The highest BCUT2D eigenvalue weighted by atomic mass is 15.1. The van der Waals surface area contributed by atoms with Crippen molar-refractivity contribution < 1.29 is 0 Å². The normalized spacial score (nSPS) is 10.1. The number of nitriles is 1. The van der Waals surface area contributed by atoms with Crippen molar-refractivity contribution in [2.75, 3.05) is 11.4 Å². The van der Waals surface area contributed by atoms with Gasteiger partial charge in [-0.3, -0.25) is 0 Å². The average Bonchev–Trinajstić information content (AvgIpc) is 2.53. The van der Waals surface area contributed by atoms with Gasteiger partial charge in [0.25, 0.3) is 0 Å². The maximum atomic E-state index is 8.97. The smallest absolute Gasteiger partial charge is 0.0991 e. The van der Waals surface area contributed by atoms with Crippen LogP contribution in [-0.4, -0.2) is 6.54 Å². The maximum absolute atomic E-state index is 8.97. The third-order valence-corrected chi connectivity index (χ3v) is 3.74. The lowest BCUT2D eigenvalue weighted by atomic mass is 10.0. The predicted molar refractivity (Wildman–Crippen MR) is 88.3 cm³/mol. The van der Waals surface area contributed by atoms with E-state index in [1.165, 1.54) is 29.7 Å². The van der Waals surface area contributed by atoms with Gasteiger partial charge < -0.3 is 4.90 Å². The summed E-state index contributed by atoms with van der Waals surface area (Å²) >= 11 is 0. The molecule has 0 radical (unpaired) electrons. The van der Waals surface area contributed by atoms with Gasteiger partial charge in [0.05, 0.1) is 11.6 Å². The van der Waals surface area contributed by atoms with Gasteiger partial charge >= 0.3 is 0 Å². The molecular formula is C19H22N2. The van der Waals surface area contributed by atoms with Crippen LogP contribution in [0.15, 0.2) is 48.5 Å². The summed E-state index contributed by atoms with van der Waals surface area (Å²) in [4.78, 5) is 2.41. The Bertz CT molecular complexity index is 611. The number of unbranched alkanes of at least 4 members (excludes halogenated alkanes) is 1. The molecule has 0 atom stereocenters. The summed E-state index contributed by atoms with van der Waals surface area (Å²) in [6, 6.07) is 18.7. The molecule has 2 aromatic carbocycles. The van der Waals surface area contributed by atoms with E-state index in [9.17, 15) is 0 Å². The van der Waals surface area contributed by atoms with Gasteiger partial charge in [0, 0.05) is 18.8 Å². The maximum Gasteiger partial charge on any atom is 0.0991 e. The highest BCUT2D eigenvalue weighted by Crippen LogP contribution is 2.20. The highest BCUT2D eigenvalue weighted by Gasteiger charge is 2.08. The molecule has 0 N–H and O–H groups in total. The zero-order chi connectivity index (χ0) is 15.1. The van der Waals surface area contributed by atoms with Crippen LogP contribution >= 0.6 is 0 Å². The van der Waals surface area contributed by atoms with Crippen LogP contribution in [0.3, 0.4) is 0 Å². The van der Waals surface area contributed by atoms with Crippen LogP contribution in [0.1, 0.15) is 36.5 Å². The van der Waals surface area contributed by atoms with Crippen LogP contribution in [0.5, 0.6) is 0 Å². The van der Waals surface area contributed by atoms with Crippen LogP contribution in [-0.2, 0) is 6.54 Å². The number of hydrogen-bond donors (Lipinski definition) is 0. The molecule has 0 aliphatic rings. The second-order valence-corrected chi connectivity index (χ2v) is 5.36. The standard InChI is InChI=1S/C19H22N2/c1-3-4-12-21(19-8-6-5-7-9-19)15-18-11-10-17(14-20)13-16(18)2/h5-11,13H,3-4,12,15H2,1-2H3. The summed E-state index contributed by atoms with van der Waals surface area (Å²) in [7, 11) is 0. The van der Waals surface area contributed by atoms with Crippen molar-refractivity contribution >= 4 is 5.69 Å². The molecule has 0 aliphatic heterocycles. The van der Waals surface area contributed by atoms with Gasteiger partial charge in [0.15, 0.2) is 0 Å². The molecule has 2 rings (SSSR count). The van der Waals surface area contributed by atoms with Gasteiger partial charge in [-0.25, -0.2) is 0 Å². The molecule has 0 saturated carbocycles. The van der Waals surface area contributed by atoms with Gasteiger partial charge in [-0.15, -0.1) is 0 Å². The highest BCUT2D eigenvalue weighted by molar-refractivity contribution is 5.48. The van der Waals surface area contributed by atoms with Crippen LogP contribution < -0.4 is 4.90 Å². The van der Waals surface area contributed by atoms with E-state index in [0.717, 1.165) is 18.7 Å². The lowest BCUT2D eigenvalue weighted by Gasteiger charge is -2.25. The van der Waals surface area contributed by atoms with E-state index in [4.69, 9.17) is 5.26 Å². The van der Waals surface area contributed by atoms with E-state index < -0.39 is 0 Å². The molecule has 21 heavy (non-hydrogen) atoms. The summed E-state index contributed by atoms with van der Waals surface area (Å²) in [5, 5.41) is 8.97. The minimum atomic E-state index is 0.732. The fourth-order valence-corrected chi connectivity index (χ4v) is 2.44. The first kappa shape index (κ1) is 15.1. The first-order valence-corrected chi connectivity index (χ1v) is 7.54. The second kappa shape index (κ2) is 7.50. The monoisotopic (exact) mass is 278 g/mol. The molecule has 2 nitrogen and oxygen atoms in total. The zero-order valence-electron chi connectivity index (χ0n) is 12.8. The van der Waals surface area contributed by atoms with Crippen LogP contribution in [0.2, 0.25) is 0 Å². The molecule has 108 valence electrons. The molecule has 0 amide bonds. The Labute approximate surface area is 127 Å². The fraction of sp³-hybridized carbons (Fsp3) is 0.316. The van der Waals surface area contributed by atoms with Crippen LogP contribution in [0.25, 0.3) is 0 Å². The van der Waals surface area contributed by atoms with Crippen LogP contribution in [0, 0.1) is 18.3 Å². The summed E-state index contributed by atoms with van der Waals surface area (Å²) in [6.45, 7) is 6.25. The number of nitrogens with zero attached hydrogens (tertiary/aromatic N) is 2. The molecule has 0 aromatic heterocycles. The van der Waals surface area contributed by atoms with Gasteiger partial charge in [0.1, 0.15) is 0 Å². The Hall–Kier alpha value is -2.27. The second-order valence-electron chi connectivity index (χ2n) is 5.36. The molecule has 0 heterocycles. The topological polar surface area (TPSA) is 27.0 Å². The quantitative estimate of drug-likeness (QED) is 0.767. The Morgan fingerprint density at radius 2 is 1.86 bits per heavy atom. The molecule has 0 spiro atoms. The first-order chi connectivity index (χ1) is 10.2. The molecule has 0 fully saturated rings. The van der Waals surface area contributed by atoms with Gasteiger partial charge in [-0.1, -0.05) is 37.6 Å². The number of rotatable bonds is 6. The lowest BCUT2D eigenvalue weighted by Crippen LogP contribution is -2.24. The minimum absolute atomic E-state index is 0.732. The van der Waals surface area contributed by atoms with Gasteiger partial charge in [-0.05, 0) is 48.7 Å². The molecule has 2 heteroatoms. The zero-order valence-corrected chi connectivity index (χ0v) is 12.8. The fourth-order valence-electron chi connectivity index (χ4n) is 2.44. The van der Waals surface area contributed by atoms with Gasteiger partial charge in [-0.2, -0.15) is 5.26 Å². The lowest BCUT2D eigenvalue weighted by molar-refractivity contribution is 0.714. The molecule has 0 bridgehead atoms. The molecule has 0 aliphatic carbocycles. The molecule has 0 saturated heterocycles. The van der Waals surface area contributed by atoms with E-state index in [2.05, 4.69) is 61.2 Å². The number of hydrogen-bond acceptors (Lipinski definition) is 2. The third-order valence-electron chi connectivity index (χ3n) is 3.74. The van der Waals surface area contributed by atoms with Crippen LogP contribution in [0.4, 0.5) is 5.69 Å². The number of benzene rings is 2. The van der Waals surface area contributed by atoms with E-state index >= 15 is 0 Å². The van der Waals surface area contributed by atoms with Crippen molar-refractivity contribution in [3.05, 3.63) is 65.2 Å². The van der Waals surface area contributed by atoms with Crippen molar-refractivity contribution in [1.82, 2.24) is 0 Å². The average molecular weight is 278 g/mol. The summed E-state index contributed by atoms with van der Waals surface area (Å²) < 4.78 is 0. The van der Waals surface area contributed by atoms with E-state index in [-0.39, 0.29) is 0 Å². The molecule has 2 aromatic rings. The van der Waals surface area contributed by atoms with E-state index in [1.54, 1.807) is 0 Å². The summed E-state index contributed by atoms with van der Waals surface area (Å²) in [6.07, 6.45) is 2.37. The molecular weight excluding hydrogens is 256 g/mol. The summed E-state index contributed by atoms with van der Waals surface area (Å²) in [5.41, 5.74) is 4.46. The third kappa shape index (κ3) is 4.10. The van der Waals surface area contributed by atoms with Crippen molar-refractivity contribution in [2.45, 2.75) is 33.2 Å². The first-order valence-electron chi connectivity index (χ1n) is 7.54. The van der Waals surface area contributed by atoms with Crippen molar-refractivity contribution in [3.63, 3.8) is 0 Å². The van der Waals surface area contributed by atoms with E-state index in [1.807, 2.05) is 12.1 Å². The van der Waals surface area contributed by atoms with Crippen molar-refractivity contribution in [1.29, 1.82) is 5.26 Å². The van der Waals surface area contributed by atoms with Crippen molar-refractivity contribution in [2.24, 2.45) is 0 Å². The van der Waals surface area contributed by atoms with Crippen molar-refractivity contribution in [3.8, 4) is 6.07 Å². The Balaban J connectivity index is 2.21. The summed E-state index contributed by atoms with van der Waals surface area (Å²) in [5.74, 6) is 0. The number of anilines is 1. The minimum Gasteiger partial charge on any atom is -0.367 e. The Kier molecular flexibility index (Phi) is 5.40. The Morgan fingerprint density at radius 1 is 1.10 bits per heavy atom.